The molecule has 3 N–H and O–H groups in total. The molecule has 1 aromatic carbocycles. The molecule has 0 heterocycles. The number of amides is 1. The van der Waals surface area contributed by atoms with Crippen molar-refractivity contribution in [2.75, 3.05) is 18.0 Å². The third-order valence-corrected chi connectivity index (χ3v) is 3.42. The second kappa shape index (κ2) is 8.62. The van der Waals surface area contributed by atoms with Gasteiger partial charge in [0.25, 0.3) is 0 Å². The van der Waals surface area contributed by atoms with Crippen LogP contribution >= 0.6 is 12.2 Å². The van der Waals surface area contributed by atoms with Crippen LogP contribution in [0.3, 0.4) is 0 Å². The van der Waals surface area contributed by atoms with Crippen molar-refractivity contribution in [3.05, 3.63) is 30.3 Å². The largest absolute Gasteiger partial charge is 0.393 e. The van der Waals surface area contributed by atoms with Crippen molar-refractivity contribution < 1.29 is 4.79 Å². The summed E-state index contributed by atoms with van der Waals surface area (Å²) >= 11 is 4.95. The fraction of sp³-hybridized carbons (Fsp3) is 0.500. The van der Waals surface area contributed by atoms with E-state index in [1.165, 1.54) is 0 Å². The molecule has 0 spiro atoms. The minimum atomic E-state index is -0.263. The minimum absolute atomic E-state index is 0.0236. The van der Waals surface area contributed by atoms with Crippen LogP contribution in [0.2, 0.25) is 0 Å². The molecule has 0 aromatic heterocycles. The number of hydrogen-bond acceptors (Lipinski definition) is 3. The van der Waals surface area contributed by atoms with Crippen molar-refractivity contribution in [3.63, 3.8) is 0 Å². The molecule has 1 aromatic rings. The van der Waals surface area contributed by atoms with E-state index in [0.717, 1.165) is 5.69 Å². The normalized spacial score (nSPS) is 12.0. The first-order valence-corrected chi connectivity index (χ1v) is 7.70. The number of rotatable bonds is 8. The third-order valence-electron chi connectivity index (χ3n) is 3.22. The highest BCUT2D eigenvalue weighted by Crippen LogP contribution is 2.17. The molecular weight excluding hydrogens is 282 g/mol. The number of nitrogens with two attached hydrogens (primary N) is 1. The quantitative estimate of drug-likeness (QED) is 0.724. The Morgan fingerprint density at radius 2 is 1.90 bits per heavy atom. The van der Waals surface area contributed by atoms with Crippen LogP contribution in [0, 0.1) is 5.92 Å². The van der Waals surface area contributed by atoms with Crippen LogP contribution in [0.4, 0.5) is 5.69 Å². The van der Waals surface area contributed by atoms with Crippen LogP contribution in [-0.4, -0.2) is 30.0 Å². The first-order chi connectivity index (χ1) is 9.91. The lowest BCUT2D eigenvalue weighted by molar-refractivity contribution is -0.122. The van der Waals surface area contributed by atoms with Crippen molar-refractivity contribution in [1.82, 2.24) is 5.32 Å². The van der Waals surface area contributed by atoms with E-state index in [9.17, 15) is 4.79 Å². The number of para-hydroxylation sites is 1. The zero-order valence-electron chi connectivity index (χ0n) is 13.0. The van der Waals surface area contributed by atoms with Gasteiger partial charge in [-0.25, -0.2) is 0 Å². The number of anilines is 1. The Bertz CT molecular complexity index is 462. The van der Waals surface area contributed by atoms with Crippen LogP contribution in [0.5, 0.6) is 0 Å². The van der Waals surface area contributed by atoms with Gasteiger partial charge in [-0.1, -0.05) is 44.3 Å². The smallest absolute Gasteiger partial charge is 0.242 e. The predicted octanol–water partition coefficient (Wildman–Crippen LogP) is 2.33. The van der Waals surface area contributed by atoms with E-state index in [-0.39, 0.29) is 11.9 Å². The van der Waals surface area contributed by atoms with E-state index in [0.29, 0.717) is 30.4 Å². The Labute approximate surface area is 132 Å². The molecule has 5 heteroatoms. The van der Waals surface area contributed by atoms with Gasteiger partial charge in [-0.05, 0) is 25.0 Å². The average molecular weight is 307 g/mol. The number of benzene rings is 1. The average Bonchev–Trinajstić information content (AvgIpc) is 2.45. The van der Waals surface area contributed by atoms with Gasteiger partial charge in [-0.3, -0.25) is 4.79 Å². The van der Waals surface area contributed by atoms with E-state index in [1.54, 1.807) is 0 Å². The first-order valence-electron chi connectivity index (χ1n) is 7.29. The summed E-state index contributed by atoms with van der Waals surface area (Å²) in [4.78, 5) is 14.8. The van der Waals surface area contributed by atoms with Gasteiger partial charge < -0.3 is 16.0 Å². The van der Waals surface area contributed by atoms with Gasteiger partial charge in [0.05, 0.1) is 4.99 Å². The monoisotopic (exact) mass is 307 g/mol. The number of carbonyl (C=O) groups excluding carboxylic acids is 1. The molecule has 0 aliphatic rings. The molecule has 21 heavy (non-hydrogen) atoms. The Balaban J connectivity index is 2.80. The molecule has 0 bridgehead atoms. The zero-order valence-corrected chi connectivity index (χ0v) is 13.8. The van der Waals surface area contributed by atoms with Gasteiger partial charge >= 0.3 is 0 Å². The molecular formula is C16H25N3OS. The molecule has 116 valence electrons. The molecule has 0 saturated carbocycles. The summed E-state index contributed by atoms with van der Waals surface area (Å²) in [6, 6.07) is 9.60. The van der Waals surface area contributed by atoms with Gasteiger partial charge in [0, 0.05) is 25.2 Å². The van der Waals surface area contributed by atoms with E-state index < -0.39 is 0 Å². The maximum Gasteiger partial charge on any atom is 0.242 e. The summed E-state index contributed by atoms with van der Waals surface area (Å²) in [6.45, 7) is 7.37. The first kappa shape index (κ1) is 17.4. The van der Waals surface area contributed by atoms with Gasteiger partial charge in [-0.2, -0.15) is 0 Å². The summed E-state index contributed by atoms with van der Waals surface area (Å²) in [5, 5.41) is 2.98. The highest BCUT2D eigenvalue weighted by molar-refractivity contribution is 7.80. The van der Waals surface area contributed by atoms with Gasteiger partial charge in [0.2, 0.25) is 5.91 Å². The number of thiocarbonyl (C=S) groups is 1. The van der Waals surface area contributed by atoms with Gasteiger partial charge in [0.15, 0.2) is 0 Å². The molecule has 4 nitrogen and oxygen atoms in total. The van der Waals surface area contributed by atoms with Crippen molar-refractivity contribution in [3.8, 4) is 0 Å². The highest BCUT2D eigenvalue weighted by atomic mass is 32.1. The van der Waals surface area contributed by atoms with Gasteiger partial charge in [0.1, 0.15) is 6.04 Å². The molecule has 0 aliphatic heterocycles. The molecule has 1 amide bonds. The van der Waals surface area contributed by atoms with E-state index in [2.05, 4.69) is 19.2 Å². The summed E-state index contributed by atoms with van der Waals surface area (Å²) in [6.07, 6.45) is 0.589. The Kier molecular flexibility index (Phi) is 7.15. The number of carbonyl (C=O) groups is 1. The Morgan fingerprint density at radius 3 is 2.43 bits per heavy atom. The Hall–Kier alpha value is -1.62. The lowest BCUT2D eigenvalue weighted by Gasteiger charge is -2.30. The second-order valence-corrected chi connectivity index (χ2v) is 6.08. The minimum Gasteiger partial charge on any atom is -0.393 e. The van der Waals surface area contributed by atoms with Crippen molar-refractivity contribution in [2.45, 2.75) is 33.2 Å². The Morgan fingerprint density at radius 1 is 1.29 bits per heavy atom. The molecule has 0 radical (unpaired) electrons. The number of nitrogens with one attached hydrogen (secondary N) is 1. The standard InChI is InChI=1S/C16H25N3OS/c1-12(2)11-18-16(20)13(3)19(10-9-15(17)21)14-7-5-4-6-8-14/h4-8,12-13H,9-11H2,1-3H3,(H2,17,21)(H,18,20). The fourth-order valence-corrected chi connectivity index (χ4v) is 2.08. The van der Waals surface area contributed by atoms with Crippen LogP contribution in [0.25, 0.3) is 0 Å². The molecule has 0 aliphatic carbocycles. The zero-order chi connectivity index (χ0) is 15.8. The van der Waals surface area contributed by atoms with Crippen molar-refractivity contribution in [1.29, 1.82) is 0 Å². The summed E-state index contributed by atoms with van der Waals surface area (Å²) in [5.41, 5.74) is 6.60. The lowest BCUT2D eigenvalue weighted by atomic mass is 10.1. The topological polar surface area (TPSA) is 58.4 Å². The molecule has 1 atom stereocenters. The molecule has 1 rings (SSSR count). The highest BCUT2D eigenvalue weighted by Gasteiger charge is 2.21. The molecule has 0 saturated heterocycles. The van der Waals surface area contributed by atoms with Crippen LogP contribution in [0.15, 0.2) is 30.3 Å². The third kappa shape index (κ3) is 6.12. The number of nitrogens with zero attached hydrogens (tertiary/aromatic N) is 1. The van der Waals surface area contributed by atoms with E-state index in [1.807, 2.05) is 42.2 Å². The van der Waals surface area contributed by atoms with E-state index in [4.69, 9.17) is 18.0 Å². The summed E-state index contributed by atoms with van der Waals surface area (Å²) < 4.78 is 0. The number of hydrogen-bond donors (Lipinski definition) is 2. The molecule has 1 unspecified atom stereocenters. The van der Waals surface area contributed by atoms with Crippen LogP contribution in [0.1, 0.15) is 27.2 Å². The van der Waals surface area contributed by atoms with Crippen LogP contribution < -0.4 is 16.0 Å². The second-order valence-electron chi connectivity index (χ2n) is 5.56. The molecule has 0 fully saturated rings. The van der Waals surface area contributed by atoms with Gasteiger partial charge in [-0.15, -0.1) is 0 Å². The van der Waals surface area contributed by atoms with E-state index >= 15 is 0 Å². The predicted molar refractivity (Wildman–Crippen MR) is 92.5 cm³/mol. The van der Waals surface area contributed by atoms with Crippen molar-refractivity contribution >= 4 is 28.8 Å². The van der Waals surface area contributed by atoms with Crippen molar-refractivity contribution in [2.24, 2.45) is 11.7 Å². The maximum atomic E-state index is 12.3. The fourth-order valence-electron chi connectivity index (χ4n) is 1.99. The maximum absolute atomic E-state index is 12.3. The lowest BCUT2D eigenvalue weighted by Crippen LogP contribution is -2.47. The summed E-state index contributed by atoms with van der Waals surface area (Å²) in [5.74, 6) is 0.457. The van der Waals surface area contributed by atoms with Crippen LogP contribution in [-0.2, 0) is 4.79 Å². The summed E-state index contributed by atoms with van der Waals surface area (Å²) in [7, 11) is 0. The SMILES string of the molecule is CC(C)CNC(=O)C(C)N(CCC(N)=S)c1ccccc1.